The highest BCUT2D eigenvalue weighted by atomic mass is 35.5. The number of nitrogens with zero attached hydrogens (tertiary/aromatic N) is 2. The van der Waals surface area contributed by atoms with Crippen molar-refractivity contribution in [1.82, 2.24) is 14.5 Å². The Bertz CT molecular complexity index is 860. The molecule has 0 saturated carbocycles. The van der Waals surface area contributed by atoms with Crippen molar-refractivity contribution in [3.8, 4) is 5.69 Å². The first-order chi connectivity index (χ1) is 10.1. The van der Waals surface area contributed by atoms with Crippen molar-refractivity contribution in [3.63, 3.8) is 0 Å². The summed E-state index contributed by atoms with van der Waals surface area (Å²) in [6, 6.07) is 8.52. The Hall–Kier alpha value is -1.44. The maximum atomic E-state index is 12.7. The minimum Gasteiger partial charge on any atom is -0.329 e. The molecule has 1 N–H and O–H groups in total. The molecule has 0 unspecified atom stereocenters. The van der Waals surface area contributed by atoms with Gasteiger partial charge < -0.3 is 4.98 Å². The zero-order chi connectivity index (χ0) is 15.0. The summed E-state index contributed by atoms with van der Waals surface area (Å²) in [6.07, 6.45) is 1.49. The van der Waals surface area contributed by atoms with Crippen molar-refractivity contribution in [2.24, 2.45) is 0 Å². The molecule has 2 heterocycles. The Balaban J connectivity index is 2.26. The second-order valence-corrected chi connectivity index (χ2v) is 5.99. The van der Waals surface area contributed by atoms with Crippen LogP contribution in [0.15, 0.2) is 41.4 Å². The Labute approximate surface area is 133 Å². The number of para-hydroxylation sites is 1. The topological polar surface area (TPSA) is 33.6 Å². The van der Waals surface area contributed by atoms with Gasteiger partial charge in [-0.2, -0.15) is 8.78 Å². The summed E-state index contributed by atoms with van der Waals surface area (Å²) in [5.74, 6) is -2.51. The largest absolute Gasteiger partial charge is 0.329 e. The van der Waals surface area contributed by atoms with E-state index in [1.807, 2.05) is 0 Å². The SMILES string of the molecule is FC(F)Sc1ccccc1-n1c(=S)[nH]c2cc(Cl)cnc21. The molecule has 0 radical (unpaired) electrons. The van der Waals surface area contributed by atoms with Gasteiger partial charge in [-0.15, -0.1) is 0 Å². The van der Waals surface area contributed by atoms with Crippen molar-refractivity contribution >= 4 is 46.7 Å². The van der Waals surface area contributed by atoms with Crippen LogP contribution in [0.3, 0.4) is 0 Å². The highest BCUT2D eigenvalue weighted by Gasteiger charge is 2.15. The zero-order valence-electron chi connectivity index (χ0n) is 10.4. The molecular formula is C13H8ClF2N3S2. The lowest BCUT2D eigenvalue weighted by molar-refractivity contribution is 0.252. The maximum Gasteiger partial charge on any atom is 0.288 e. The standard InChI is InChI=1S/C13H8ClF2N3S2/c14-7-5-8-11(17-6-7)19(13(20)18-8)9-3-1-2-4-10(9)21-12(15)16/h1-6,12H,(H,18,20). The van der Waals surface area contributed by atoms with E-state index in [1.165, 1.54) is 6.20 Å². The molecule has 8 heteroatoms. The van der Waals surface area contributed by atoms with Gasteiger partial charge in [0.2, 0.25) is 0 Å². The van der Waals surface area contributed by atoms with Crippen molar-refractivity contribution < 1.29 is 8.78 Å². The number of aromatic amines is 1. The minimum absolute atomic E-state index is 0.377. The van der Waals surface area contributed by atoms with E-state index in [9.17, 15) is 8.78 Å². The molecule has 0 aliphatic heterocycles. The Morgan fingerprint density at radius 2 is 2.10 bits per heavy atom. The van der Waals surface area contributed by atoms with Crippen molar-refractivity contribution in [2.45, 2.75) is 10.7 Å². The molecule has 0 fully saturated rings. The van der Waals surface area contributed by atoms with Crippen LogP contribution in [0.25, 0.3) is 16.9 Å². The number of benzene rings is 1. The lowest BCUT2D eigenvalue weighted by Crippen LogP contribution is -1.98. The maximum absolute atomic E-state index is 12.7. The number of aromatic nitrogens is 3. The third-order valence-electron chi connectivity index (χ3n) is 2.81. The van der Waals surface area contributed by atoms with Gasteiger partial charge in [-0.05, 0) is 30.4 Å². The number of imidazole rings is 1. The van der Waals surface area contributed by atoms with Crippen LogP contribution < -0.4 is 0 Å². The molecule has 2 aromatic heterocycles. The molecule has 0 amide bonds. The molecule has 1 aromatic carbocycles. The number of hydrogen-bond acceptors (Lipinski definition) is 3. The van der Waals surface area contributed by atoms with E-state index < -0.39 is 5.76 Å². The summed E-state index contributed by atoms with van der Waals surface area (Å²) in [4.78, 5) is 7.65. The number of nitrogens with one attached hydrogen (secondary N) is 1. The van der Waals surface area contributed by atoms with Gasteiger partial charge in [-0.1, -0.05) is 35.5 Å². The van der Waals surface area contributed by atoms with Crippen molar-refractivity contribution in [3.05, 3.63) is 46.3 Å². The molecular weight excluding hydrogens is 336 g/mol. The first-order valence-corrected chi connectivity index (χ1v) is 7.53. The number of pyridine rings is 1. The van der Waals surface area contributed by atoms with Crippen LogP contribution in [0.5, 0.6) is 0 Å². The van der Waals surface area contributed by atoms with Crippen LogP contribution in [-0.4, -0.2) is 20.3 Å². The van der Waals surface area contributed by atoms with Gasteiger partial charge in [0.15, 0.2) is 10.4 Å². The summed E-state index contributed by atoms with van der Waals surface area (Å²) < 4.78 is 27.4. The fraction of sp³-hybridized carbons (Fsp3) is 0.0769. The summed E-state index contributed by atoms with van der Waals surface area (Å²) >= 11 is 11.7. The zero-order valence-corrected chi connectivity index (χ0v) is 12.8. The predicted octanol–water partition coefficient (Wildman–Crippen LogP) is 5.05. The molecule has 0 saturated heterocycles. The van der Waals surface area contributed by atoms with Crippen LogP contribution in [0.4, 0.5) is 8.78 Å². The van der Waals surface area contributed by atoms with E-state index in [0.717, 1.165) is 0 Å². The molecule has 0 aliphatic carbocycles. The third kappa shape index (κ3) is 2.81. The van der Waals surface area contributed by atoms with Gasteiger partial charge in [0.1, 0.15) is 0 Å². The molecule has 3 aromatic rings. The molecule has 3 nitrogen and oxygen atoms in total. The quantitative estimate of drug-likeness (QED) is 0.533. The lowest BCUT2D eigenvalue weighted by atomic mass is 10.3. The second-order valence-electron chi connectivity index (χ2n) is 4.14. The number of halogens is 3. The van der Waals surface area contributed by atoms with Gasteiger partial charge in [-0.3, -0.25) is 4.57 Å². The van der Waals surface area contributed by atoms with Gasteiger partial charge in [0, 0.05) is 11.1 Å². The van der Waals surface area contributed by atoms with Crippen LogP contribution >= 0.6 is 35.6 Å². The minimum atomic E-state index is -2.51. The molecule has 0 bridgehead atoms. The smallest absolute Gasteiger partial charge is 0.288 e. The molecule has 0 spiro atoms. The van der Waals surface area contributed by atoms with Crippen LogP contribution in [0, 0.1) is 4.77 Å². The number of rotatable bonds is 3. The van der Waals surface area contributed by atoms with Gasteiger partial charge in [0.05, 0.1) is 16.2 Å². The highest BCUT2D eigenvalue weighted by Crippen LogP contribution is 2.32. The third-order valence-corrected chi connectivity index (χ3v) is 4.08. The Morgan fingerprint density at radius 1 is 1.33 bits per heavy atom. The Morgan fingerprint density at radius 3 is 2.86 bits per heavy atom. The van der Waals surface area contributed by atoms with Crippen LogP contribution in [0.2, 0.25) is 5.02 Å². The molecule has 21 heavy (non-hydrogen) atoms. The monoisotopic (exact) mass is 343 g/mol. The van der Waals surface area contributed by atoms with E-state index in [2.05, 4.69) is 9.97 Å². The average Bonchev–Trinajstić information content (AvgIpc) is 2.74. The average molecular weight is 344 g/mol. The van der Waals surface area contributed by atoms with Crippen molar-refractivity contribution in [2.75, 3.05) is 0 Å². The number of alkyl halides is 2. The summed E-state index contributed by atoms with van der Waals surface area (Å²) in [6.45, 7) is 0. The first-order valence-electron chi connectivity index (χ1n) is 5.87. The molecule has 0 aliphatic rings. The first kappa shape index (κ1) is 14.5. The van der Waals surface area contributed by atoms with Crippen molar-refractivity contribution in [1.29, 1.82) is 0 Å². The van der Waals surface area contributed by atoms with Gasteiger partial charge in [-0.25, -0.2) is 4.98 Å². The van der Waals surface area contributed by atoms with E-state index >= 15 is 0 Å². The lowest BCUT2D eigenvalue weighted by Gasteiger charge is -2.10. The predicted molar refractivity (Wildman–Crippen MR) is 83.1 cm³/mol. The van der Waals surface area contributed by atoms with E-state index in [0.29, 0.717) is 43.3 Å². The summed E-state index contributed by atoms with van der Waals surface area (Å²) in [5, 5.41) is 0.473. The highest BCUT2D eigenvalue weighted by molar-refractivity contribution is 7.99. The number of fused-ring (bicyclic) bond motifs is 1. The summed E-state index contributed by atoms with van der Waals surface area (Å²) in [7, 11) is 0. The number of thioether (sulfide) groups is 1. The van der Waals surface area contributed by atoms with E-state index in [-0.39, 0.29) is 0 Å². The normalized spacial score (nSPS) is 11.4. The van der Waals surface area contributed by atoms with Gasteiger partial charge in [0.25, 0.3) is 5.76 Å². The number of hydrogen-bond donors (Lipinski definition) is 1. The molecule has 0 atom stereocenters. The Kier molecular flexibility index (Phi) is 3.97. The fourth-order valence-electron chi connectivity index (χ4n) is 2.03. The van der Waals surface area contributed by atoms with E-state index in [1.54, 1.807) is 34.9 Å². The summed E-state index contributed by atoms with van der Waals surface area (Å²) in [5.41, 5.74) is 1.77. The molecule has 3 rings (SSSR count). The van der Waals surface area contributed by atoms with Crippen LogP contribution in [-0.2, 0) is 0 Å². The van der Waals surface area contributed by atoms with Crippen LogP contribution in [0.1, 0.15) is 0 Å². The molecule has 108 valence electrons. The van der Waals surface area contributed by atoms with E-state index in [4.69, 9.17) is 23.8 Å². The fourth-order valence-corrected chi connectivity index (χ4v) is 3.11. The van der Waals surface area contributed by atoms with Gasteiger partial charge >= 0.3 is 0 Å². The number of H-pyrrole nitrogens is 1. The second kappa shape index (κ2) is 5.75.